The van der Waals surface area contributed by atoms with E-state index in [1.165, 1.54) is 13.8 Å². The minimum atomic E-state index is -3.69. The number of hydrogen-bond acceptors (Lipinski definition) is 7. The van der Waals surface area contributed by atoms with Gasteiger partial charge in [-0.2, -0.15) is 0 Å². The zero-order valence-electron chi connectivity index (χ0n) is 16.9. The molecule has 0 radical (unpaired) electrons. The van der Waals surface area contributed by atoms with Crippen molar-refractivity contribution in [2.75, 3.05) is 25.6 Å². The van der Waals surface area contributed by atoms with Gasteiger partial charge in [0.1, 0.15) is 4.75 Å². The Bertz CT molecular complexity index is 763. The molecule has 1 aromatic heterocycles. The van der Waals surface area contributed by atoms with Gasteiger partial charge in [0.15, 0.2) is 9.84 Å². The molecular weight excluding hydrogens is 372 g/mol. The number of nitrogens with one attached hydrogen (secondary N) is 1. The average Bonchev–Trinajstić information content (AvgIpc) is 3.10. The van der Waals surface area contributed by atoms with Crippen LogP contribution < -0.4 is 5.32 Å². The van der Waals surface area contributed by atoms with Crippen molar-refractivity contribution in [1.29, 1.82) is 0 Å². The fraction of sp³-hybridized carbons (Fsp3) is 0.778. The van der Waals surface area contributed by atoms with Gasteiger partial charge >= 0.3 is 0 Å². The maximum absolute atomic E-state index is 13.0. The van der Waals surface area contributed by atoms with Gasteiger partial charge in [-0.05, 0) is 33.6 Å². The van der Waals surface area contributed by atoms with Crippen LogP contribution in [0.5, 0.6) is 0 Å². The van der Waals surface area contributed by atoms with E-state index in [-0.39, 0.29) is 12.0 Å². The molecule has 0 spiro atoms. The van der Waals surface area contributed by atoms with Gasteiger partial charge in [-0.3, -0.25) is 10.1 Å². The minimum Gasteiger partial charge on any atom is -0.381 e. The van der Waals surface area contributed by atoms with Crippen molar-refractivity contribution in [3.05, 3.63) is 11.8 Å². The van der Waals surface area contributed by atoms with Crippen molar-refractivity contribution in [2.24, 2.45) is 0 Å². The van der Waals surface area contributed by atoms with E-state index in [9.17, 15) is 13.2 Å². The molecule has 1 N–H and O–H groups in total. The number of sulfone groups is 1. The molecule has 1 fully saturated rings. The van der Waals surface area contributed by atoms with E-state index < -0.39 is 31.2 Å². The van der Waals surface area contributed by atoms with E-state index in [2.05, 4.69) is 10.5 Å². The molecule has 0 saturated carbocycles. The molecule has 1 atom stereocenters. The lowest BCUT2D eigenvalue weighted by Gasteiger charge is -2.30. The Morgan fingerprint density at radius 2 is 1.89 bits per heavy atom. The Labute approximate surface area is 160 Å². The Morgan fingerprint density at radius 1 is 1.30 bits per heavy atom. The Balaban J connectivity index is 2.16. The van der Waals surface area contributed by atoms with Crippen LogP contribution in [-0.2, 0) is 29.5 Å². The molecule has 0 bridgehead atoms. The summed E-state index contributed by atoms with van der Waals surface area (Å²) in [5, 5.41) is 5.98. The summed E-state index contributed by atoms with van der Waals surface area (Å²) in [6, 6.07) is 1.60. The van der Waals surface area contributed by atoms with Crippen molar-refractivity contribution in [2.45, 2.75) is 69.0 Å². The molecule has 0 unspecified atom stereocenters. The van der Waals surface area contributed by atoms with Crippen LogP contribution in [0.15, 0.2) is 10.6 Å². The number of amides is 1. The first kappa shape index (κ1) is 21.8. The number of nitrogens with zero attached hydrogens (tertiary/aromatic N) is 1. The van der Waals surface area contributed by atoms with Crippen molar-refractivity contribution in [3.63, 3.8) is 0 Å². The number of carbonyl (C=O) groups is 1. The number of methoxy groups -OCH3 is 1. The number of anilines is 1. The first-order valence-corrected chi connectivity index (χ1v) is 10.6. The van der Waals surface area contributed by atoms with E-state index in [1.807, 2.05) is 20.8 Å². The van der Waals surface area contributed by atoms with Crippen molar-refractivity contribution >= 4 is 21.6 Å². The number of carbonyl (C=O) groups excluding carboxylic acids is 1. The van der Waals surface area contributed by atoms with Crippen LogP contribution in [-0.4, -0.2) is 55.9 Å². The highest BCUT2D eigenvalue weighted by Crippen LogP contribution is 2.31. The van der Waals surface area contributed by atoms with E-state index >= 15 is 0 Å². The van der Waals surface area contributed by atoms with Crippen LogP contribution in [0.3, 0.4) is 0 Å². The summed E-state index contributed by atoms with van der Waals surface area (Å²) in [7, 11) is -2.08. The maximum Gasteiger partial charge on any atom is 0.247 e. The smallest absolute Gasteiger partial charge is 0.247 e. The SMILES string of the molecule is CO[C@@H](C)C(C)(C)c1cc(NC(=O)C(C)(C)S(=O)(=O)C2CCOCC2)on1. The lowest BCUT2D eigenvalue weighted by Crippen LogP contribution is -2.50. The molecule has 1 aromatic rings. The molecule has 1 aliphatic rings. The highest BCUT2D eigenvalue weighted by molar-refractivity contribution is 7.94. The van der Waals surface area contributed by atoms with Crippen LogP contribution in [0.1, 0.15) is 53.2 Å². The third-order valence-corrected chi connectivity index (χ3v) is 8.60. The molecule has 27 heavy (non-hydrogen) atoms. The first-order chi connectivity index (χ1) is 12.4. The second-order valence-electron chi connectivity index (χ2n) is 8.00. The van der Waals surface area contributed by atoms with Crippen LogP contribution >= 0.6 is 0 Å². The average molecular weight is 403 g/mol. The van der Waals surface area contributed by atoms with Crippen LogP contribution in [0.4, 0.5) is 5.88 Å². The van der Waals surface area contributed by atoms with Gasteiger partial charge in [0.2, 0.25) is 11.8 Å². The molecule has 0 aliphatic carbocycles. The molecule has 2 rings (SSSR count). The lowest BCUT2D eigenvalue weighted by molar-refractivity contribution is -0.118. The molecule has 1 aliphatic heterocycles. The Hall–Kier alpha value is -1.45. The summed E-state index contributed by atoms with van der Waals surface area (Å²) in [5.74, 6) is -0.532. The first-order valence-electron chi connectivity index (χ1n) is 9.07. The van der Waals surface area contributed by atoms with Gasteiger partial charge in [0, 0.05) is 31.8 Å². The van der Waals surface area contributed by atoms with Gasteiger partial charge in [-0.15, -0.1) is 0 Å². The number of hydrogen-bond donors (Lipinski definition) is 1. The van der Waals surface area contributed by atoms with Crippen LogP contribution in [0.25, 0.3) is 0 Å². The van der Waals surface area contributed by atoms with Crippen LogP contribution in [0, 0.1) is 0 Å². The second-order valence-corrected chi connectivity index (χ2v) is 10.8. The summed E-state index contributed by atoms with van der Waals surface area (Å²) in [5.41, 5.74) is 0.169. The van der Waals surface area contributed by atoms with Crippen molar-refractivity contribution < 1.29 is 27.2 Å². The van der Waals surface area contributed by atoms with Gasteiger partial charge in [0.05, 0.1) is 17.0 Å². The number of ether oxygens (including phenoxy) is 2. The zero-order valence-corrected chi connectivity index (χ0v) is 17.7. The summed E-state index contributed by atoms with van der Waals surface area (Å²) in [6.07, 6.45) is 0.667. The van der Waals surface area contributed by atoms with E-state index in [0.29, 0.717) is 31.7 Å². The summed E-state index contributed by atoms with van der Waals surface area (Å²) < 4.78 is 40.1. The lowest BCUT2D eigenvalue weighted by atomic mass is 9.84. The van der Waals surface area contributed by atoms with Gasteiger partial charge in [-0.25, -0.2) is 8.42 Å². The predicted molar refractivity (Wildman–Crippen MR) is 101 cm³/mol. The summed E-state index contributed by atoms with van der Waals surface area (Å²) in [6.45, 7) is 9.42. The van der Waals surface area contributed by atoms with Crippen molar-refractivity contribution in [1.82, 2.24) is 5.16 Å². The molecule has 1 amide bonds. The molecule has 154 valence electrons. The molecule has 0 aromatic carbocycles. The summed E-state index contributed by atoms with van der Waals surface area (Å²) >= 11 is 0. The molecule has 1 saturated heterocycles. The van der Waals surface area contributed by atoms with Gasteiger partial charge in [-0.1, -0.05) is 19.0 Å². The monoisotopic (exact) mass is 402 g/mol. The normalized spacial score (nSPS) is 18.3. The van der Waals surface area contributed by atoms with Crippen LogP contribution in [0.2, 0.25) is 0 Å². The zero-order chi connectivity index (χ0) is 20.5. The standard InChI is InChI=1S/C18H30N2O6S/c1-12(24-6)17(2,3)14-11-15(26-20-14)19-16(21)18(4,5)27(22,23)13-7-9-25-10-8-13/h11-13H,7-10H2,1-6H3,(H,19,21)/t12-/m0/s1. The number of rotatable bonds is 7. The fourth-order valence-electron chi connectivity index (χ4n) is 2.94. The maximum atomic E-state index is 13.0. The van der Waals surface area contributed by atoms with Gasteiger partial charge in [0.25, 0.3) is 0 Å². The fourth-order valence-corrected chi connectivity index (χ4v) is 4.89. The largest absolute Gasteiger partial charge is 0.381 e. The molecule has 8 nitrogen and oxygen atoms in total. The minimum absolute atomic E-state index is 0.113. The third kappa shape index (κ3) is 4.20. The van der Waals surface area contributed by atoms with Crippen molar-refractivity contribution in [3.8, 4) is 0 Å². The Kier molecular flexibility index (Phi) is 6.38. The van der Waals surface area contributed by atoms with E-state index in [0.717, 1.165) is 0 Å². The topological polar surface area (TPSA) is 108 Å². The van der Waals surface area contributed by atoms with E-state index in [1.54, 1.807) is 13.2 Å². The molecule has 9 heteroatoms. The second kappa shape index (κ2) is 7.89. The Morgan fingerprint density at radius 3 is 2.44 bits per heavy atom. The summed E-state index contributed by atoms with van der Waals surface area (Å²) in [4.78, 5) is 12.7. The number of aromatic nitrogens is 1. The molecular formula is C18H30N2O6S. The highest BCUT2D eigenvalue weighted by Gasteiger charge is 2.47. The molecule has 2 heterocycles. The third-order valence-electron chi connectivity index (χ3n) is 5.64. The van der Waals surface area contributed by atoms with E-state index in [4.69, 9.17) is 14.0 Å². The predicted octanol–water partition coefficient (Wildman–Crippen LogP) is 2.30. The quantitative estimate of drug-likeness (QED) is 0.745. The van der Waals surface area contributed by atoms with Gasteiger partial charge < -0.3 is 14.0 Å². The highest BCUT2D eigenvalue weighted by atomic mass is 32.2.